The monoisotopic (exact) mass is 643 g/mol. The Kier molecular flexibility index (Phi) is 12.2. The minimum Gasteiger partial charge on any atom is -0.507 e. The van der Waals surface area contributed by atoms with Crippen molar-refractivity contribution in [3.63, 3.8) is 0 Å². The highest BCUT2D eigenvalue weighted by molar-refractivity contribution is 6.30. The molecule has 0 spiro atoms. The molecule has 2 amide bonds. The van der Waals surface area contributed by atoms with Gasteiger partial charge in [-0.3, -0.25) is 9.59 Å². The number of carbonyl (C=O) groups excluding carboxylic acids is 2. The zero-order valence-electron chi connectivity index (χ0n) is 23.2. The van der Waals surface area contributed by atoms with Crippen LogP contribution in [-0.4, -0.2) is 42.2 Å². The summed E-state index contributed by atoms with van der Waals surface area (Å²) >= 11 is 6.03. The molecule has 0 aliphatic rings. The molecule has 0 bridgehead atoms. The van der Waals surface area contributed by atoms with E-state index in [9.17, 15) is 20.0 Å². The molecule has 4 aromatic rings. The predicted octanol–water partition coefficient (Wildman–Crippen LogP) is 6.05. The number of phenols is 1. The van der Waals surface area contributed by atoms with Crippen LogP contribution in [0.15, 0.2) is 66.7 Å². The zero-order chi connectivity index (χ0) is 29.7. The van der Waals surface area contributed by atoms with Crippen molar-refractivity contribution in [1.82, 2.24) is 4.98 Å². The number of rotatable bonds is 8. The predicted molar refractivity (Wildman–Crippen MR) is 171 cm³/mol. The first-order chi connectivity index (χ1) is 19.6. The van der Waals surface area contributed by atoms with Gasteiger partial charge in [-0.15, -0.1) is 24.8 Å². The molecule has 4 rings (SSSR count). The van der Waals surface area contributed by atoms with E-state index in [1.807, 2.05) is 0 Å². The standard InChI is InChI=1S/C30H26ClN5O5.2ClH/c1-16(33)29(38)34-19-6-4-5-17(11-19)23-14-25(21-9-7-18(31)12-26(21)37)35-28(24(23)15-32)36-30(39)22-10-8-20(40-2)13-27(22)41-3;;/h4-14,16,37H,33H2,1-3H3,(H,34,38)(H,35,36,39);2*1H. The summed E-state index contributed by atoms with van der Waals surface area (Å²) in [7, 11) is 2.91. The molecule has 5 N–H and O–H groups in total. The highest BCUT2D eigenvalue weighted by Crippen LogP contribution is 2.37. The molecule has 0 aliphatic heterocycles. The maximum absolute atomic E-state index is 13.4. The Morgan fingerprint density at radius 3 is 2.37 bits per heavy atom. The van der Waals surface area contributed by atoms with Crippen LogP contribution in [-0.2, 0) is 4.79 Å². The zero-order valence-corrected chi connectivity index (χ0v) is 25.6. The summed E-state index contributed by atoms with van der Waals surface area (Å²) in [4.78, 5) is 30.1. The Bertz CT molecular complexity index is 1690. The average molecular weight is 645 g/mol. The number of phenolic OH excluding ortho intramolecular Hbond substituents is 1. The minimum atomic E-state index is -0.731. The molecule has 1 unspecified atom stereocenters. The maximum atomic E-state index is 13.4. The van der Waals surface area contributed by atoms with Gasteiger partial charge in [0.15, 0.2) is 5.82 Å². The van der Waals surface area contributed by atoms with Crippen LogP contribution in [0.5, 0.6) is 17.2 Å². The first-order valence-corrected chi connectivity index (χ1v) is 12.7. The number of pyridine rings is 1. The van der Waals surface area contributed by atoms with Crippen LogP contribution in [0.2, 0.25) is 5.02 Å². The second-order valence-corrected chi connectivity index (χ2v) is 9.37. The van der Waals surface area contributed by atoms with E-state index in [0.717, 1.165) is 0 Å². The third-order valence-electron chi connectivity index (χ3n) is 6.11. The van der Waals surface area contributed by atoms with Gasteiger partial charge in [0.1, 0.15) is 28.9 Å². The normalized spacial score (nSPS) is 10.7. The molecule has 1 atom stereocenters. The van der Waals surface area contributed by atoms with Crippen LogP contribution in [0.4, 0.5) is 11.5 Å². The van der Waals surface area contributed by atoms with Gasteiger partial charge in [0.2, 0.25) is 5.91 Å². The smallest absolute Gasteiger partial charge is 0.260 e. The Labute approximate surface area is 265 Å². The molecule has 0 saturated carbocycles. The molecule has 10 nitrogen and oxygen atoms in total. The van der Waals surface area contributed by atoms with E-state index in [0.29, 0.717) is 33.1 Å². The number of nitrogens with zero attached hydrogens (tertiary/aromatic N) is 2. The molecule has 0 aliphatic carbocycles. The number of carbonyl (C=O) groups is 2. The van der Waals surface area contributed by atoms with Crippen LogP contribution < -0.4 is 25.8 Å². The fraction of sp³-hybridized carbons (Fsp3) is 0.133. The number of benzene rings is 3. The largest absolute Gasteiger partial charge is 0.507 e. The Hall–Kier alpha value is -4.53. The van der Waals surface area contributed by atoms with E-state index in [4.69, 9.17) is 26.8 Å². The molecule has 0 radical (unpaired) electrons. The van der Waals surface area contributed by atoms with Crippen molar-refractivity contribution in [1.29, 1.82) is 5.26 Å². The van der Waals surface area contributed by atoms with Crippen molar-refractivity contribution in [2.75, 3.05) is 24.9 Å². The molecule has 43 heavy (non-hydrogen) atoms. The third-order valence-corrected chi connectivity index (χ3v) is 6.34. The first kappa shape index (κ1) is 34.7. The summed E-state index contributed by atoms with van der Waals surface area (Å²) in [5.41, 5.74) is 7.88. The molecule has 0 saturated heterocycles. The molecule has 13 heteroatoms. The van der Waals surface area contributed by atoms with E-state index >= 15 is 0 Å². The molecular formula is C30H28Cl3N5O5. The third kappa shape index (κ3) is 7.85. The fourth-order valence-corrected chi connectivity index (χ4v) is 4.18. The number of halogens is 3. The lowest BCUT2D eigenvalue weighted by Gasteiger charge is -2.16. The van der Waals surface area contributed by atoms with E-state index in [1.54, 1.807) is 61.5 Å². The number of ether oxygens (including phenoxy) is 2. The number of anilines is 2. The van der Waals surface area contributed by atoms with E-state index in [-0.39, 0.29) is 64.9 Å². The fourth-order valence-electron chi connectivity index (χ4n) is 4.02. The Balaban J connectivity index is 0.00000323. The molecule has 0 fully saturated rings. The van der Waals surface area contributed by atoms with Gasteiger partial charge in [0, 0.05) is 27.9 Å². The summed E-state index contributed by atoms with van der Waals surface area (Å²) in [6.45, 7) is 1.56. The number of methoxy groups -OCH3 is 2. The van der Waals surface area contributed by atoms with Crippen molar-refractivity contribution < 1.29 is 24.2 Å². The van der Waals surface area contributed by atoms with Crippen molar-refractivity contribution in [3.8, 4) is 45.7 Å². The molecular weight excluding hydrogens is 617 g/mol. The maximum Gasteiger partial charge on any atom is 0.260 e. The van der Waals surface area contributed by atoms with Gasteiger partial charge in [0.25, 0.3) is 5.91 Å². The van der Waals surface area contributed by atoms with Gasteiger partial charge >= 0.3 is 0 Å². The van der Waals surface area contributed by atoms with E-state index in [2.05, 4.69) is 21.7 Å². The number of nitriles is 1. The van der Waals surface area contributed by atoms with Crippen molar-refractivity contribution in [2.45, 2.75) is 13.0 Å². The summed E-state index contributed by atoms with van der Waals surface area (Å²) in [5.74, 6) is -0.423. The topological polar surface area (TPSA) is 160 Å². The number of nitrogens with two attached hydrogens (primary N) is 1. The second-order valence-electron chi connectivity index (χ2n) is 8.93. The van der Waals surface area contributed by atoms with Crippen molar-refractivity contribution in [3.05, 3.63) is 82.9 Å². The quantitative estimate of drug-likeness (QED) is 0.181. The van der Waals surface area contributed by atoms with Crippen LogP contribution in [0.3, 0.4) is 0 Å². The molecule has 3 aromatic carbocycles. The molecule has 1 heterocycles. The highest BCUT2D eigenvalue weighted by Gasteiger charge is 2.21. The van der Waals surface area contributed by atoms with Gasteiger partial charge in [-0.1, -0.05) is 23.7 Å². The second kappa shape index (κ2) is 15.1. The highest BCUT2D eigenvalue weighted by atomic mass is 35.5. The van der Waals surface area contributed by atoms with Gasteiger partial charge in [0.05, 0.1) is 31.5 Å². The number of hydrogen-bond donors (Lipinski definition) is 4. The van der Waals surface area contributed by atoms with E-state index in [1.165, 1.54) is 26.4 Å². The summed E-state index contributed by atoms with van der Waals surface area (Å²) < 4.78 is 10.6. The number of amides is 2. The van der Waals surface area contributed by atoms with Gasteiger partial charge in [-0.25, -0.2) is 4.98 Å². The number of nitrogens with one attached hydrogen (secondary N) is 2. The van der Waals surface area contributed by atoms with Gasteiger partial charge < -0.3 is 30.9 Å². The lowest BCUT2D eigenvalue weighted by molar-refractivity contribution is -0.117. The van der Waals surface area contributed by atoms with Crippen LogP contribution in [0, 0.1) is 11.3 Å². The summed E-state index contributed by atoms with van der Waals surface area (Å²) in [6.07, 6.45) is 0. The Morgan fingerprint density at radius 1 is 1.00 bits per heavy atom. The van der Waals surface area contributed by atoms with Crippen molar-refractivity contribution >= 4 is 59.7 Å². The number of aromatic nitrogens is 1. The summed E-state index contributed by atoms with van der Waals surface area (Å²) in [6, 6.07) is 19.0. The SMILES string of the molecule is COc1ccc(C(=O)Nc2nc(-c3ccc(Cl)cc3O)cc(-c3cccc(NC(=O)C(C)N)c3)c2C#N)c(OC)c1.Cl.Cl. The molecule has 224 valence electrons. The van der Waals surface area contributed by atoms with Crippen LogP contribution in [0.25, 0.3) is 22.4 Å². The van der Waals surface area contributed by atoms with Gasteiger partial charge in [-0.05, 0) is 61.0 Å². The number of aromatic hydroxyl groups is 1. The lowest BCUT2D eigenvalue weighted by atomic mass is 9.97. The van der Waals surface area contributed by atoms with Crippen molar-refractivity contribution in [2.24, 2.45) is 5.73 Å². The Morgan fingerprint density at radius 2 is 1.74 bits per heavy atom. The first-order valence-electron chi connectivity index (χ1n) is 12.3. The lowest BCUT2D eigenvalue weighted by Crippen LogP contribution is -2.32. The minimum absolute atomic E-state index is 0. The number of hydrogen-bond acceptors (Lipinski definition) is 8. The van der Waals surface area contributed by atoms with E-state index < -0.39 is 11.9 Å². The average Bonchev–Trinajstić information content (AvgIpc) is 2.96. The van der Waals surface area contributed by atoms with Crippen LogP contribution >= 0.6 is 36.4 Å². The summed E-state index contributed by atoms with van der Waals surface area (Å²) in [5, 5.41) is 26.6. The van der Waals surface area contributed by atoms with Gasteiger partial charge in [-0.2, -0.15) is 5.26 Å². The molecule has 1 aromatic heterocycles. The van der Waals surface area contributed by atoms with Crippen LogP contribution in [0.1, 0.15) is 22.8 Å².